The first-order valence-electron chi connectivity index (χ1n) is 8.10. The van der Waals surface area contributed by atoms with Crippen LogP contribution in [0.3, 0.4) is 0 Å². The quantitative estimate of drug-likeness (QED) is 0.856. The summed E-state index contributed by atoms with van der Waals surface area (Å²) in [6.45, 7) is 2.92. The molecule has 3 N–H and O–H groups in total. The molecule has 1 aromatic rings. The van der Waals surface area contributed by atoms with E-state index >= 15 is 0 Å². The van der Waals surface area contributed by atoms with Crippen molar-refractivity contribution in [2.75, 3.05) is 13.1 Å². The van der Waals surface area contributed by atoms with Crippen LogP contribution in [0.1, 0.15) is 42.1 Å². The maximum atomic E-state index is 13.0. The number of nitrogens with one attached hydrogen (secondary N) is 1. The number of hydrogen-bond acceptors (Lipinski definition) is 4. The van der Waals surface area contributed by atoms with Gasteiger partial charge in [-0.3, -0.25) is 4.79 Å². The van der Waals surface area contributed by atoms with Gasteiger partial charge in [0.25, 0.3) is 5.91 Å². The second kappa shape index (κ2) is 6.22. The third kappa shape index (κ3) is 3.00. The van der Waals surface area contributed by atoms with Crippen molar-refractivity contribution >= 4 is 15.9 Å². The predicted molar refractivity (Wildman–Crippen MR) is 87.7 cm³/mol. The summed E-state index contributed by atoms with van der Waals surface area (Å²) in [7, 11) is -3.64. The molecule has 0 radical (unpaired) electrons. The van der Waals surface area contributed by atoms with Crippen LogP contribution in [-0.2, 0) is 16.4 Å². The summed E-state index contributed by atoms with van der Waals surface area (Å²) in [5.74, 6) is -0.203. The molecule has 126 valence electrons. The van der Waals surface area contributed by atoms with Gasteiger partial charge in [-0.1, -0.05) is 12.5 Å². The van der Waals surface area contributed by atoms with Crippen molar-refractivity contribution in [2.24, 2.45) is 5.73 Å². The monoisotopic (exact) mass is 337 g/mol. The molecule has 0 saturated carbocycles. The van der Waals surface area contributed by atoms with Gasteiger partial charge in [-0.05, 0) is 43.9 Å². The lowest BCUT2D eigenvalue weighted by molar-refractivity contribution is 0.0945. The summed E-state index contributed by atoms with van der Waals surface area (Å²) in [5, 5.41) is 2.76. The number of rotatable bonds is 3. The average Bonchev–Trinajstić information content (AvgIpc) is 2.55. The standard InChI is InChI=1S/C16H23N3O3S/c1-11(17)15-4-2-3-9-19(15)23(21,22)13-6-5-12-7-8-18-16(20)14(12)10-13/h5-6,10-11,15H,2-4,7-9,17H2,1H3,(H,18,20)/t11-,15-/m0/s1. The molecule has 0 spiro atoms. The Labute approximate surface area is 137 Å². The maximum Gasteiger partial charge on any atom is 0.251 e. The van der Waals surface area contributed by atoms with Gasteiger partial charge in [-0.25, -0.2) is 8.42 Å². The van der Waals surface area contributed by atoms with Gasteiger partial charge >= 0.3 is 0 Å². The molecule has 6 nitrogen and oxygen atoms in total. The van der Waals surface area contributed by atoms with Gasteiger partial charge in [-0.2, -0.15) is 4.31 Å². The molecular formula is C16H23N3O3S. The maximum absolute atomic E-state index is 13.0. The van der Waals surface area contributed by atoms with Crippen LogP contribution in [0.25, 0.3) is 0 Å². The van der Waals surface area contributed by atoms with Gasteiger partial charge in [0, 0.05) is 30.7 Å². The molecule has 0 unspecified atom stereocenters. The number of sulfonamides is 1. The molecule has 0 aliphatic carbocycles. The largest absolute Gasteiger partial charge is 0.352 e. The van der Waals surface area contributed by atoms with Crippen LogP contribution >= 0.6 is 0 Å². The van der Waals surface area contributed by atoms with Crippen molar-refractivity contribution in [3.05, 3.63) is 29.3 Å². The summed E-state index contributed by atoms with van der Waals surface area (Å²) < 4.78 is 27.6. The molecule has 3 rings (SSSR count). The van der Waals surface area contributed by atoms with Crippen molar-refractivity contribution in [1.29, 1.82) is 0 Å². The van der Waals surface area contributed by atoms with Crippen LogP contribution in [0.15, 0.2) is 23.1 Å². The van der Waals surface area contributed by atoms with Gasteiger partial charge < -0.3 is 11.1 Å². The number of nitrogens with two attached hydrogens (primary N) is 1. The molecule has 0 bridgehead atoms. The minimum atomic E-state index is -3.64. The third-order valence-electron chi connectivity index (χ3n) is 4.72. The topological polar surface area (TPSA) is 92.5 Å². The fourth-order valence-electron chi connectivity index (χ4n) is 3.44. The van der Waals surface area contributed by atoms with E-state index in [0.29, 0.717) is 18.7 Å². The number of carbonyl (C=O) groups is 1. The SMILES string of the molecule is C[C@H](N)[C@@H]1CCCCN1S(=O)(=O)c1ccc2c(c1)C(=O)NCC2. The molecule has 0 aromatic heterocycles. The number of amides is 1. The third-order valence-corrected chi connectivity index (χ3v) is 6.64. The second-order valence-electron chi connectivity index (χ2n) is 6.36. The van der Waals surface area contributed by atoms with E-state index in [1.807, 2.05) is 6.92 Å². The van der Waals surface area contributed by atoms with E-state index < -0.39 is 10.0 Å². The van der Waals surface area contributed by atoms with Crippen molar-refractivity contribution in [2.45, 2.75) is 49.6 Å². The normalized spacial score (nSPS) is 23.9. The molecule has 2 atom stereocenters. The number of benzene rings is 1. The zero-order valence-electron chi connectivity index (χ0n) is 13.3. The molecule has 1 saturated heterocycles. The van der Waals surface area contributed by atoms with E-state index in [-0.39, 0.29) is 22.9 Å². The van der Waals surface area contributed by atoms with Crippen LogP contribution in [0.5, 0.6) is 0 Å². The Kier molecular flexibility index (Phi) is 4.44. The Morgan fingerprint density at radius 3 is 2.87 bits per heavy atom. The first-order chi connectivity index (χ1) is 10.9. The number of piperidine rings is 1. The fourth-order valence-corrected chi connectivity index (χ4v) is 5.24. The van der Waals surface area contributed by atoms with Crippen LogP contribution in [-0.4, -0.2) is 43.8 Å². The molecule has 2 aliphatic heterocycles. The minimum absolute atomic E-state index is 0.181. The Morgan fingerprint density at radius 1 is 1.35 bits per heavy atom. The zero-order chi connectivity index (χ0) is 16.6. The van der Waals surface area contributed by atoms with Crippen LogP contribution in [0.2, 0.25) is 0 Å². The van der Waals surface area contributed by atoms with Crippen molar-refractivity contribution in [3.8, 4) is 0 Å². The number of nitrogens with zero attached hydrogens (tertiary/aromatic N) is 1. The van der Waals surface area contributed by atoms with E-state index in [4.69, 9.17) is 5.73 Å². The lowest BCUT2D eigenvalue weighted by atomic mass is 10.00. The van der Waals surface area contributed by atoms with E-state index in [1.54, 1.807) is 12.1 Å². The molecule has 1 aromatic carbocycles. The first-order valence-corrected chi connectivity index (χ1v) is 9.54. The molecule has 23 heavy (non-hydrogen) atoms. The smallest absolute Gasteiger partial charge is 0.251 e. The molecule has 1 fully saturated rings. The molecule has 1 amide bonds. The molecule has 2 heterocycles. The lowest BCUT2D eigenvalue weighted by Gasteiger charge is -2.37. The van der Waals surface area contributed by atoms with E-state index in [9.17, 15) is 13.2 Å². The van der Waals surface area contributed by atoms with Gasteiger partial charge in [-0.15, -0.1) is 0 Å². The number of hydrogen-bond donors (Lipinski definition) is 2. The van der Waals surface area contributed by atoms with Gasteiger partial charge in [0.05, 0.1) is 4.90 Å². The summed E-state index contributed by atoms with van der Waals surface area (Å²) in [4.78, 5) is 12.2. The van der Waals surface area contributed by atoms with E-state index in [2.05, 4.69) is 5.32 Å². The summed E-state index contributed by atoms with van der Waals surface area (Å²) in [6, 6.07) is 4.47. The second-order valence-corrected chi connectivity index (χ2v) is 8.25. The van der Waals surface area contributed by atoms with Gasteiger partial charge in [0.1, 0.15) is 0 Å². The first kappa shape index (κ1) is 16.4. The van der Waals surface area contributed by atoms with Gasteiger partial charge in [0.2, 0.25) is 10.0 Å². The highest BCUT2D eigenvalue weighted by Crippen LogP contribution is 2.28. The highest BCUT2D eigenvalue weighted by atomic mass is 32.2. The molecule has 2 aliphatic rings. The predicted octanol–water partition coefficient (Wildman–Crippen LogP) is 0.863. The highest BCUT2D eigenvalue weighted by molar-refractivity contribution is 7.89. The van der Waals surface area contributed by atoms with Crippen molar-refractivity contribution in [1.82, 2.24) is 9.62 Å². The van der Waals surface area contributed by atoms with Crippen LogP contribution in [0, 0.1) is 0 Å². The Bertz CT molecular complexity index is 715. The summed E-state index contributed by atoms with van der Waals surface area (Å²) in [5.41, 5.74) is 7.36. The van der Waals surface area contributed by atoms with Crippen molar-refractivity contribution < 1.29 is 13.2 Å². The van der Waals surface area contributed by atoms with E-state index in [1.165, 1.54) is 10.4 Å². The number of carbonyl (C=O) groups excluding carboxylic acids is 1. The van der Waals surface area contributed by atoms with Crippen molar-refractivity contribution in [3.63, 3.8) is 0 Å². The Morgan fingerprint density at radius 2 is 2.13 bits per heavy atom. The van der Waals surface area contributed by atoms with Crippen LogP contribution < -0.4 is 11.1 Å². The lowest BCUT2D eigenvalue weighted by Crippen LogP contribution is -2.51. The Balaban J connectivity index is 1.99. The summed E-state index contributed by atoms with van der Waals surface area (Å²) >= 11 is 0. The fraction of sp³-hybridized carbons (Fsp3) is 0.562. The number of fused-ring (bicyclic) bond motifs is 1. The highest BCUT2D eigenvalue weighted by Gasteiger charge is 2.35. The average molecular weight is 337 g/mol. The van der Waals surface area contributed by atoms with Crippen LogP contribution in [0.4, 0.5) is 0 Å². The van der Waals surface area contributed by atoms with E-state index in [0.717, 1.165) is 31.2 Å². The zero-order valence-corrected chi connectivity index (χ0v) is 14.1. The van der Waals surface area contributed by atoms with Gasteiger partial charge in [0.15, 0.2) is 0 Å². The molecular weight excluding hydrogens is 314 g/mol. The summed E-state index contributed by atoms with van der Waals surface area (Å²) in [6.07, 6.45) is 3.34. The minimum Gasteiger partial charge on any atom is -0.352 e. The molecule has 7 heteroatoms. The Hall–Kier alpha value is -1.44.